The molecular formula is C29H38N2O2. The molecule has 176 valence electrons. The normalized spacial score (nSPS) is 24.4. The Labute approximate surface area is 198 Å². The first kappa shape index (κ1) is 22.6. The van der Waals surface area contributed by atoms with Crippen LogP contribution < -0.4 is 4.90 Å². The monoisotopic (exact) mass is 446 g/mol. The molecule has 2 aromatic carbocycles. The summed E-state index contributed by atoms with van der Waals surface area (Å²) in [6, 6.07) is 17.0. The molecule has 2 saturated heterocycles. The molecule has 0 aromatic heterocycles. The van der Waals surface area contributed by atoms with Gasteiger partial charge >= 0.3 is 0 Å². The smallest absolute Gasteiger partial charge is 0.230 e. The van der Waals surface area contributed by atoms with Gasteiger partial charge < -0.3 is 14.9 Å². The summed E-state index contributed by atoms with van der Waals surface area (Å²) in [7, 11) is 2.20. The molecule has 1 saturated carbocycles. The van der Waals surface area contributed by atoms with E-state index in [1.165, 1.54) is 30.4 Å². The van der Waals surface area contributed by atoms with Crippen LogP contribution >= 0.6 is 0 Å². The van der Waals surface area contributed by atoms with E-state index in [9.17, 15) is 9.90 Å². The molecule has 0 bridgehead atoms. The molecule has 1 N–H and O–H groups in total. The van der Waals surface area contributed by atoms with Gasteiger partial charge in [0, 0.05) is 18.2 Å². The summed E-state index contributed by atoms with van der Waals surface area (Å²) in [4.78, 5) is 17.7. The number of benzene rings is 2. The van der Waals surface area contributed by atoms with Crippen molar-refractivity contribution >= 4 is 11.6 Å². The molecule has 2 heterocycles. The van der Waals surface area contributed by atoms with Crippen molar-refractivity contribution in [3.8, 4) is 0 Å². The van der Waals surface area contributed by atoms with E-state index in [4.69, 9.17) is 0 Å². The summed E-state index contributed by atoms with van der Waals surface area (Å²) in [5, 5.41) is 11.0. The lowest BCUT2D eigenvalue weighted by atomic mass is 9.80. The van der Waals surface area contributed by atoms with Crippen LogP contribution in [-0.4, -0.2) is 42.6 Å². The molecule has 2 aliphatic heterocycles. The molecule has 1 amide bonds. The van der Waals surface area contributed by atoms with Gasteiger partial charge in [-0.15, -0.1) is 0 Å². The fraction of sp³-hybridized carbons (Fsp3) is 0.552. The molecule has 3 fully saturated rings. The van der Waals surface area contributed by atoms with Gasteiger partial charge in [-0.1, -0.05) is 55.7 Å². The molecule has 3 aliphatic rings. The highest BCUT2D eigenvalue weighted by molar-refractivity contribution is 5.97. The zero-order valence-corrected chi connectivity index (χ0v) is 20.0. The van der Waals surface area contributed by atoms with Gasteiger partial charge in [-0.25, -0.2) is 0 Å². The third-order valence-corrected chi connectivity index (χ3v) is 8.39. The number of carbonyl (C=O) groups excluding carboxylic acids is 1. The molecular weight excluding hydrogens is 408 g/mol. The van der Waals surface area contributed by atoms with Crippen LogP contribution in [0.15, 0.2) is 48.5 Å². The number of hydrogen-bond donors (Lipinski definition) is 1. The lowest BCUT2D eigenvalue weighted by Gasteiger charge is -2.32. The number of carbonyl (C=O) groups is 1. The predicted octanol–water partition coefficient (Wildman–Crippen LogP) is 5.24. The first-order valence-electron chi connectivity index (χ1n) is 12.9. The number of anilines is 1. The van der Waals surface area contributed by atoms with E-state index in [1.807, 2.05) is 29.2 Å². The minimum absolute atomic E-state index is 0.0552. The number of aliphatic hydroxyl groups is 1. The lowest BCUT2D eigenvalue weighted by Crippen LogP contribution is -2.30. The molecule has 4 nitrogen and oxygen atoms in total. The van der Waals surface area contributed by atoms with Crippen molar-refractivity contribution in [3.63, 3.8) is 0 Å². The van der Waals surface area contributed by atoms with Gasteiger partial charge in [0.2, 0.25) is 5.91 Å². The van der Waals surface area contributed by atoms with E-state index in [0.717, 1.165) is 69.4 Å². The van der Waals surface area contributed by atoms with E-state index < -0.39 is 5.60 Å². The summed E-state index contributed by atoms with van der Waals surface area (Å²) >= 11 is 0. The van der Waals surface area contributed by atoms with Gasteiger partial charge in [-0.05, 0) is 93.4 Å². The summed E-state index contributed by atoms with van der Waals surface area (Å²) in [5.41, 5.74) is 4.10. The van der Waals surface area contributed by atoms with Gasteiger partial charge in [0.15, 0.2) is 0 Å². The summed E-state index contributed by atoms with van der Waals surface area (Å²) in [5.74, 6) is 0.917. The first-order chi connectivity index (χ1) is 16.0. The second-order valence-corrected chi connectivity index (χ2v) is 10.6. The SMILES string of the molecule is CN1CCC(c2ccccc2CC2CCN(c3ccc(C4(O)CCCCC4)cc3)C2=O)CC1. The Morgan fingerprint density at radius 2 is 1.61 bits per heavy atom. The Balaban J connectivity index is 1.27. The summed E-state index contributed by atoms with van der Waals surface area (Å²) in [6.45, 7) is 3.09. The Morgan fingerprint density at radius 3 is 2.33 bits per heavy atom. The van der Waals surface area contributed by atoms with Crippen molar-refractivity contribution in [2.24, 2.45) is 5.92 Å². The number of nitrogens with zero attached hydrogens (tertiary/aromatic N) is 2. The Kier molecular flexibility index (Phi) is 6.58. The van der Waals surface area contributed by atoms with Crippen molar-refractivity contribution in [1.29, 1.82) is 0 Å². The number of rotatable bonds is 5. The van der Waals surface area contributed by atoms with E-state index in [0.29, 0.717) is 5.92 Å². The number of piperidine rings is 1. The van der Waals surface area contributed by atoms with Crippen LogP contribution in [0, 0.1) is 5.92 Å². The topological polar surface area (TPSA) is 43.8 Å². The number of amides is 1. The predicted molar refractivity (Wildman–Crippen MR) is 134 cm³/mol. The minimum Gasteiger partial charge on any atom is -0.385 e. The first-order valence-corrected chi connectivity index (χ1v) is 12.9. The quantitative estimate of drug-likeness (QED) is 0.683. The standard InChI is InChI=1S/C29H38N2O2/c1-30-18-13-22(14-19-30)27-8-4-3-7-23(27)21-24-15-20-31(28(24)32)26-11-9-25(10-12-26)29(33)16-5-2-6-17-29/h3-4,7-12,22,24,33H,2,5-6,13-21H2,1H3. The Bertz CT molecular complexity index is 956. The van der Waals surface area contributed by atoms with E-state index in [-0.39, 0.29) is 11.8 Å². The van der Waals surface area contributed by atoms with Gasteiger partial charge in [-0.2, -0.15) is 0 Å². The Morgan fingerprint density at radius 1 is 0.909 bits per heavy atom. The van der Waals surface area contributed by atoms with Crippen molar-refractivity contribution < 1.29 is 9.90 Å². The van der Waals surface area contributed by atoms with Crippen LogP contribution in [-0.2, 0) is 16.8 Å². The van der Waals surface area contributed by atoms with Crippen LogP contribution in [0.3, 0.4) is 0 Å². The fourth-order valence-corrected chi connectivity index (χ4v) is 6.27. The maximum Gasteiger partial charge on any atom is 0.230 e. The maximum absolute atomic E-state index is 13.4. The molecule has 1 atom stereocenters. The van der Waals surface area contributed by atoms with E-state index >= 15 is 0 Å². The van der Waals surface area contributed by atoms with Gasteiger partial charge in [-0.3, -0.25) is 4.79 Å². The molecule has 4 heteroatoms. The highest BCUT2D eigenvalue weighted by Gasteiger charge is 2.35. The fourth-order valence-electron chi connectivity index (χ4n) is 6.27. The van der Waals surface area contributed by atoms with E-state index in [2.05, 4.69) is 36.2 Å². The zero-order valence-electron chi connectivity index (χ0n) is 20.0. The Hall–Kier alpha value is -2.17. The third-order valence-electron chi connectivity index (χ3n) is 8.39. The molecule has 2 aromatic rings. The molecule has 33 heavy (non-hydrogen) atoms. The maximum atomic E-state index is 13.4. The van der Waals surface area contributed by atoms with Crippen molar-refractivity contribution in [2.45, 2.75) is 69.3 Å². The van der Waals surface area contributed by atoms with Crippen molar-refractivity contribution in [2.75, 3.05) is 31.6 Å². The molecule has 5 rings (SSSR count). The second kappa shape index (κ2) is 9.60. The van der Waals surface area contributed by atoms with Crippen molar-refractivity contribution in [3.05, 3.63) is 65.2 Å². The average molecular weight is 447 g/mol. The van der Waals surface area contributed by atoms with Gasteiger partial charge in [0.05, 0.1) is 5.60 Å². The summed E-state index contributed by atoms with van der Waals surface area (Å²) in [6.07, 6.45) is 9.23. The summed E-state index contributed by atoms with van der Waals surface area (Å²) < 4.78 is 0. The van der Waals surface area contributed by atoms with Crippen LogP contribution in [0.1, 0.15) is 74.0 Å². The van der Waals surface area contributed by atoms with Crippen LogP contribution in [0.5, 0.6) is 0 Å². The second-order valence-electron chi connectivity index (χ2n) is 10.6. The zero-order chi connectivity index (χ0) is 22.8. The number of likely N-dealkylation sites (tertiary alicyclic amines) is 1. The van der Waals surface area contributed by atoms with Gasteiger partial charge in [0.1, 0.15) is 0 Å². The molecule has 1 unspecified atom stereocenters. The molecule has 0 radical (unpaired) electrons. The lowest BCUT2D eigenvalue weighted by molar-refractivity contribution is -0.120. The largest absolute Gasteiger partial charge is 0.385 e. The van der Waals surface area contributed by atoms with Crippen LogP contribution in [0.2, 0.25) is 0 Å². The molecule has 1 aliphatic carbocycles. The number of hydrogen-bond acceptors (Lipinski definition) is 3. The van der Waals surface area contributed by atoms with Gasteiger partial charge in [0.25, 0.3) is 0 Å². The third kappa shape index (κ3) is 4.74. The van der Waals surface area contributed by atoms with Crippen molar-refractivity contribution in [1.82, 2.24) is 4.90 Å². The highest BCUT2D eigenvalue weighted by atomic mass is 16.3. The molecule has 0 spiro atoms. The van der Waals surface area contributed by atoms with Crippen LogP contribution in [0.25, 0.3) is 0 Å². The average Bonchev–Trinajstić information content (AvgIpc) is 3.20. The van der Waals surface area contributed by atoms with Crippen LogP contribution in [0.4, 0.5) is 5.69 Å². The minimum atomic E-state index is -0.689. The van der Waals surface area contributed by atoms with E-state index in [1.54, 1.807) is 0 Å². The highest BCUT2D eigenvalue weighted by Crippen LogP contribution is 2.38.